The van der Waals surface area contributed by atoms with E-state index in [0.717, 1.165) is 16.7 Å². The first kappa shape index (κ1) is 37.9. The molecule has 2 fully saturated rings. The molecule has 9 atom stereocenters. The van der Waals surface area contributed by atoms with Gasteiger partial charge in [0.1, 0.15) is 12.7 Å². The summed E-state index contributed by atoms with van der Waals surface area (Å²) >= 11 is 0. The number of nitrogens with zero attached hydrogens (tertiary/aromatic N) is 10. The normalized spacial score (nSPS) is 26.0. The van der Waals surface area contributed by atoms with Crippen molar-refractivity contribution < 1.29 is 34.0 Å². The Bertz CT molecular complexity index is 1720. The molecule has 2 aliphatic rings. The average molecular weight is 713 g/mol. The molecule has 1 amide bonds. The molecule has 1 saturated carbocycles. The molecular formula is C35H40N10O7. The molecule has 17 nitrogen and oxygen atoms in total. The Hall–Kier alpha value is -5.34. The number of ether oxygens (including phenoxy) is 4. The summed E-state index contributed by atoms with van der Waals surface area (Å²) in [6.07, 6.45) is -6.74. The maximum atomic E-state index is 14.0. The smallest absolute Gasteiger partial charge is 0.410 e. The van der Waals surface area contributed by atoms with Gasteiger partial charge in [-0.15, -0.1) is 0 Å². The van der Waals surface area contributed by atoms with Crippen LogP contribution in [0.4, 0.5) is 4.79 Å². The van der Waals surface area contributed by atoms with Gasteiger partial charge in [0.25, 0.3) is 0 Å². The van der Waals surface area contributed by atoms with Crippen LogP contribution in [0.15, 0.2) is 106 Å². The Labute approximate surface area is 299 Å². The highest BCUT2D eigenvalue weighted by molar-refractivity contribution is 5.68. The van der Waals surface area contributed by atoms with E-state index in [9.17, 15) is 26.1 Å². The van der Waals surface area contributed by atoms with E-state index in [2.05, 4.69) is 30.1 Å². The molecule has 17 heteroatoms. The monoisotopic (exact) mass is 712 g/mol. The van der Waals surface area contributed by atoms with Crippen LogP contribution in [0.25, 0.3) is 31.3 Å². The number of azide groups is 3. The Morgan fingerprint density at radius 2 is 1.33 bits per heavy atom. The van der Waals surface area contributed by atoms with Gasteiger partial charge in [-0.1, -0.05) is 106 Å². The van der Waals surface area contributed by atoms with Crippen LogP contribution in [0, 0.1) is 0 Å². The van der Waals surface area contributed by atoms with Crippen molar-refractivity contribution in [3.63, 3.8) is 0 Å². The van der Waals surface area contributed by atoms with Gasteiger partial charge in [0.15, 0.2) is 6.29 Å². The van der Waals surface area contributed by atoms with E-state index in [1.54, 1.807) is 4.90 Å². The predicted molar refractivity (Wildman–Crippen MR) is 187 cm³/mol. The highest BCUT2D eigenvalue weighted by atomic mass is 16.7. The first-order valence-electron chi connectivity index (χ1n) is 16.8. The zero-order valence-electron chi connectivity index (χ0n) is 28.2. The van der Waals surface area contributed by atoms with Crippen molar-refractivity contribution in [2.75, 3.05) is 6.61 Å². The molecule has 1 aliphatic carbocycles. The van der Waals surface area contributed by atoms with Crippen molar-refractivity contribution in [2.45, 2.75) is 93.9 Å². The standard InChI is InChI=1S/C35H40N10O7/c36-42-39-26-16-17-30(51-34(26)52-33-28(41-44-38)18-27(40-43-37)31(46)32(33)47)29(22-49-20-24-12-6-2-7-13-24)45(19-23-10-4-1-5-11-23)35(48)50-21-25-14-8-3-9-15-25/h1-15,26-34,46-47H,16-22H2. The number of hydrogen-bond acceptors (Lipinski definition) is 10. The van der Waals surface area contributed by atoms with Gasteiger partial charge in [0.05, 0.1) is 55.7 Å². The molecule has 52 heavy (non-hydrogen) atoms. The van der Waals surface area contributed by atoms with Gasteiger partial charge in [-0.25, -0.2) is 4.79 Å². The van der Waals surface area contributed by atoms with Crippen LogP contribution in [0.1, 0.15) is 36.0 Å². The topological polar surface area (TPSA) is 244 Å². The molecule has 3 aromatic carbocycles. The number of rotatable bonds is 15. The van der Waals surface area contributed by atoms with Gasteiger partial charge in [0, 0.05) is 21.3 Å². The maximum absolute atomic E-state index is 14.0. The molecule has 9 unspecified atom stereocenters. The quantitative estimate of drug-likeness (QED) is 0.101. The van der Waals surface area contributed by atoms with Crippen LogP contribution in [0.2, 0.25) is 0 Å². The molecule has 2 N–H and O–H groups in total. The van der Waals surface area contributed by atoms with Crippen molar-refractivity contribution in [1.82, 2.24) is 4.90 Å². The lowest BCUT2D eigenvalue weighted by Crippen LogP contribution is -2.59. The van der Waals surface area contributed by atoms with Crippen LogP contribution in [0.5, 0.6) is 0 Å². The lowest BCUT2D eigenvalue weighted by Gasteiger charge is -2.45. The van der Waals surface area contributed by atoms with Gasteiger partial charge in [-0.3, -0.25) is 4.90 Å². The van der Waals surface area contributed by atoms with Crippen LogP contribution in [-0.4, -0.2) is 82.7 Å². The van der Waals surface area contributed by atoms with Gasteiger partial charge in [-0.2, -0.15) is 0 Å². The van der Waals surface area contributed by atoms with E-state index in [-0.39, 0.29) is 39.2 Å². The molecule has 272 valence electrons. The zero-order valence-corrected chi connectivity index (χ0v) is 28.2. The molecule has 1 saturated heterocycles. The second kappa shape index (κ2) is 19.3. The Balaban J connectivity index is 1.45. The molecule has 1 heterocycles. The van der Waals surface area contributed by atoms with Crippen LogP contribution in [-0.2, 0) is 38.7 Å². The number of benzene rings is 3. The molecular weight excluding hydrogens is 672 g/mol. The van der Waals surface area contributed by atoms with Crippen LogP contribution < -0.4 is 0 Å². The van der Waals surface area contributed by atoms with Crippen molar-refractivity contribution in [2.24, 2.45) is 15.3 Å². The number of hydrogen-bond donors (Lipinski definition) is 2. The minimum Gasteiger partial charge on any atom is -0.445 e. The van der Waals surface area contributed by atoms with Gasteiger partial charge < -0.3 is 29.2 Å². The zero-order chi connectivity index (χ0) is 36.7. The van der Waals surface area contributed by atoms with Crippen LogP contribution in [0.3, 0.4) is 0 Å². The fraction of sp³-hybridized carbons (Fsp3) is 0.457. The summed E-state index contributed by atoms with van der Waals surface area (Å²) < 4.78 is 24.8. The molecule has 5 rings (SSSR count). The summed E-state index contributed by atoms with van der Waals surface area (Å²) in [5.41, 5.74) is 30.2. The summed E-state index contributed by atoms with van der Waals surface area (Å²) in [6.45, 7) is 0.437. The molecule has 1 aliphatic heterocycles. The van der Waals surface area contributed by atoms with E-state index in [1.807, 2.05) is 91.0 Å². The third-order valence-corrected chi connectivity index (χ3v) is 9.07. The van der Waals surface area contributed by atoms with Crippen molar-refractivity contribution in [3.8, 4) is 0 Å². The van der Waals surface area contributed by atoms with Crippen LogP contribution >= 0.6 is 0 Å². The minimum atomic E-state index is -1.65. The fourth-order valence-corrected chi connectivity index (χ4v) is 6.41. The second-order valence-corrected chi connectivity index (χ2v) is 12.5. The summed E-state index contributed by atoms with van der Waals surface area (Å²) in [5.74, 6) is 0. The van der Waals surface area contributed by atoms with Gasteiger partial charge in [0.2, 0.25) is 0 Å². The Morgan fingerprint density at radius 1 is 0.769 bits per heavy atom. The fourth-order valence-electron chi connectivity index (χ4n) is 6.41. The average Bonchev–Trinajstić information content (AvgIpc) is 3.17. The Kier molecular flexibility index (Phi) is 14.1. The Morgan fingerprint density at radius 3 is 1.94 bits per heavy atom. The summed E-state index contributed by atoms with van der Waals surface area (Å²) in [4.78, 5) is 24.1. The van der Waals surface area contributed by atoms with Crippen molar-refractivity contribution >= 4 is 6.09 Å². The first-order chi connectivity index (χ1) is 25.4. The lowest BCUT2D eigenvalue weighted by atomic mass is 9.84. The summed E-state index contributed by atoms with van der Waals surface area (Å²) in [7, 11) is 0. The van der Waals surface area contributed by atoms with E-state index in [1.165, 1.54) is 0 Å². The molecule has 0 aromatic heterocycles. The van der Waals surface area contributed by atoms with Crippen molar-refractivity contribution in [1.29, 1.82) is 0 Å². The second-order valence-electron chi connectivity index (χ2n) is 12.5. The third-order valence-electron chi connectivity index (χ3n) is 9.07. The summed E-state index contributed by atoms with van der Waals surface area (Å²) in [5, 5.41) is 33.0. The lowest BCUT2D eigenvalue weighted by molar-refractivity contribution is -0.262. The molecule has 0 spiro atoms. The van der Waals surface area contributed by atoms with E-state index in [4.69, 9.17) is 24.5 Å². The minimum absolute atomic E-state index is 0.0195. The number of amides is 1. The first-order valence-corrected chi connectivity index (χ1v) is 16.8. The number of carbonyl (C=O) groups is 1. The van der Waals surface area contributed by atoms with E-state index in [0.29, 0.717) is 6.42 Å². The number of carbonyl (C=O) groups excluding carboxylic acids is 1. The highest BCUT2D eigenvalue weighted by Gasteiger charge is 2.47. The molecule has 0 radical (unpaired) electrons. The molecule has 0 bridgehead atoms. The SMILES string of the molecule is [N-]=[N+]=NC1CCC(C(COCc2ccccc2)N(Cc2ccccc2)C(=O)OCc2ccccc2)OC1OC1C(N=[N+]=[N-])CC(N=[N+]=[N-])C(O)C1O. The number of aliphatic hydroxyl groups is 2. The van der Waals surface area contributed by atoms with Crippen molar-refractivity contribution in [3.05, 3.63) is 139 Å². The van der Waals surface area contributed by atoms with E-state index >= 15 is 0 Å². The third kappa shape index (κ3) is 10.1. The van der Waals surface area contributed by atoms with E-state index < -0.39 is 61.0 Å². The van der Waals surface area contributed by atoms with Gasteiger partial charge >= 0.3 is 6.09 Å². The predicted octanol–water partition coefficient (Wildman–Crippen LogP) is 6.46. The largest absolute Gasteiger partial charge is 0.445 e. The summed E-state index contributed by atoms with van der Waals surface area (Å²) in [6, 6.07) is 24.4. The number of aliphatic hydroxyl groups excluding tert-OH is 2. The van der Waals surface area contributed by atoms with Gasteiger partial charge in [-0.05, 0) is 52.5 Å². The maximum Gasteiger partial charge on any atom is 0.410 e. The molecule has 3 aromatic rings. The highest BCUT2D eigenvalue weighted by Crippen LogP contribution is 2.34.